The van der Waals surface area contributed by atoms with Gasteiger partial charge in [-0.15, -0.1) is 22.9 Å². The van der Waals surface area contributed by atoms with Gasteiger partial charge in [-0.2, -0.15) is 18.2 Å². The van der Waals surface area contributed by atoms with E-state index in [4.69, 9.17) is 0 Å². The summed E-state index contributed by atoms with van der Waals surface area (Å²) < 4.78 is 0. The number of aromatic nitrogens is 1. The summed E-state index contributed by atoms with van der Waals surface area (Å²) in [4.78, 5) is 4.42. The smallest absolute Gasteiger partial charge is 0 e. The second-order valence-corrected chi connectivity index (χ2v) is 4.78. The van der Waals surface area contributed by atoms with Gasteiger partial charge >= 0.3 is 0 Å². The van der Waals surface area contributed by atoms with Crippen molar-refractivity contribution in [3.63, 3.8) is 0 Å². The Morgan fingerprint density at radius 2 is 1.57 bits per heavy atom. The summed E-state index contributed by atoms with van der Waals surface area (Å²) >= 11 is 0. The number of para-hydroxylation sites is 1. The average Bonchev–Trinajstić information content (AvgIpc) is 2.54. The van der Waals surface area contributed by atoms with Crippen molar-refractivity contribution in [2.24, 2.45) is 0 Å². The fourth-order valence-corrected chi connectivity index (χ4v) is 2.53. The molecule has 0 unspecified atom stereocenters. The van der Waals surface area contributed by atoms with Crippen molar-refractivity contribution in [3.05, 3.63) is 79.0 Å². The summed E-state index contributed by atoms with van der Waals surface area (Å²) in [6.45, 7) is 0. The number of hydrogen-bond donors (Lipinski definition) is 0. The molecular weight excluding hydrogens is 331 g/mol. The second-order valence-electron chi connectivity index (χ2n) is 4.78. The molecule has 0 atom stereocenters. The Bertz CT molecular complexity index is 910. The van der Waals surface area contributed by atoms with Crippen LogP contribution >= 0.6 is 0 Å². The number of benzene rings is 3. The molecule has 0 bridgehead atoms. The van der Waals surface area contributed by atoms with E-state index in [1.165, 1.54) is 10.8 Å². The Morgan fingerprint density at radius 3 is 2.48 bits per heavy atom. The maximum atomic E-state index is 4.42. The monoisotopic (exact) mass is 342 g/mol. The Morgan fingerprint density at radius 1 is 0.810 bits per heavy atom. The Kier molecular flexibility index (Phi) is 4.14. The standard InChI is InChI=1S/C19H11N.Y/c1-3-9-17-14(6-1)8-5-10-18(17)16-12-15-7-2-4-11-19(15)20-13-16;/h1-9,11-12H;/q-2;. The third kappa shape index (κ3) is 2.64. The van der Waals surface area contributed by atoms with Crippen LogP contribution in [0.15, 0.2) is 66.7 Å². The van der Waals surface area contributed by atoms with E-state index < -0.39 is 0 Å². The topological polar surface area (TPSA) is 12.9 Å². The van der Waals surface area contributed by atoms with Gasteiger partial charge in [0.15, 0.2) is 0 Å². The van der Waals surface area contributed by atoms with Crippen LogP contribution in [0.2, 0.25) is 0 Å². The maximum Gasteiger partial charge on any atom is 0 e. The van der Waals surface area contributed by atoms with Gasteiger partial charge in [0.2, 0.25) is 0 Å². The molecule has 97 valence electrons. The van der Waals surface area contributed by atoms with E-state index in [2.05, 4.69) is 53.6 Å². The van der Waals surface area contributed by atoms with Crippen LogP contribution in [-0.2, 0) is 32.7 Å². The minimum atomic E-state index is 0. The summed E-state index contributed by atoms with van der Waals surface area (Å²) in [5.74, 6) is 0. The van der Waals surface area contributed by atoms with Gasteiger partial charge in [-0.05, 0) is 5.52 Å². The van der Waals surface area contributed by atoms with E-state index in [1.54, 1.807) is 0 Å². The molecule has 0 aliphatic rings. The Balaban J connectivity index is 0.00000132. The maximum absolute atomic E-state index is 4.42. The van der Waals surface area contributed by atoms with Crippen LogP contribution < -0.4 is 0 Å². The van der Waals surface area contributed by atoms with Gasteiger partial charge in [0.25, 0.3) is 0 Å². The zero-order valence-electron chi connectivity index (χ0n) is 11.4. The Hall–Kier alpha value is -1.57. The quantitative estimate of drug-likeness (QED) is 0.459. The molecule has 1 aromatic heterocycles. The third-order valence-corrected chi connectivity index (χ3v) is 3.52. The van der Waals surface area contributed by atoms with E-state index >= 15 is 0 Å². The molecule has 4 rings (SSSR count). The predicted octanol–water partition coefficient (Wildman–Crippen LogP) is 4.65. The van der Waals surface area contributed by atoms with Crippen LogP contribution in [0.5, 0.6) is 0 Å². The summed E-state index contributed by atoms with van der Waals surface area (Å²) in [6, 6.07) is 25.9. The van der Waals surface area contributed by atoms with Gasteiger partial charge < -0.3 is 4.98 Å². The molecule has 1 nitrogen and oxygen atoms in total. The Labute approximate surface area is 148 Å². The molecule has 0 saturated heterocycles. The van der Waals surface area contributed by atoms with Crippen LogP contribution in [0, 0.1) is 12.3 Å². The molecule has 3 aromatic carbocycles. The van der Waals surface area contributed by atoms with Gasteiger partial charge in [0.05, 0.1) is 0 Å². The van der Waals surface area contributed by atoms with Crippen molar-refractivity contribution >= 4 is 21.7 Å². The first kappa shape index (κ1) is 14.4. The van der Waals surface area contributed by atoms with E-state index in [9.17, 15) is 0 Å². The number of rotatable bonds is 1. The SMILES string of the molecule is [Y].[c-]1nc2ccccc2cc1-c1[c-]ccc2ccccc12. The van der Waals surface area contributed by atoms with Crippen molar-refractivity contribution in [1.82, 2.24) is 4.98 Å². The number of fused-ring (bicyclic) bond motifs is 2. The average molecular weight is 342 g/mol. The molecule has 0 aliphatic carbocycles. The van der Waals surface area contributed by atoms with Gasteiger partial charge in [-0.3, -0.25) is 0 Å². The number of pyridine rings is 1. The van der Waals surface area contributed by atoms with Crippen molar-refractivity contribution in [1.29, 1.82) is 0 Å². The minimum absolute atomic E-state index is 0. The molecule has 0 fully saturated rings. The predicted molar refractivity (Wildman–Crippen MR) is 82.4 cm³/mol. The zero-order chi connectivity index (χ0) is 13.4. The fraction of sp³-hybridized carbons (Fsp3) is 0. The van der Waals surface area contributed by atoms with E-state index in [0.29, 0.717) is 0 Å². The summed E-state index contributed by atoms with van der Waals surface area (Å²) in [6.07, 6.45) is 3.14. The molecule has 21 heavy (non-hydrogen) atoms. The van der Waals surface area contributed by atoms with Gasteiger partial charge in [-0.1, -0.05) is 54.0 Å². The summed E-state index contributed by atoms with van der Waals surface area (Å²) in [7, 11) is 0. The number of hydrogen-bond acceptors (Lipinski definition) is 1. The van der Waals surface area contributed by atoms with E-state index in [0.717, 1.165) is 22.0 Å². The normalized spacial score (nSPS) is 10.5. The molecule has 4 aromatic rings. The molecule has 0 N–H and O–H groups in total. The first-order valence-electron chi connectivity index (χ1n) is 6.59. The molecule has 0 saturated carbocycles. The van der Waals surface area contributed by atoms with Crippen LogP contribution in [0.4, 0.5) is 0 Å². The largest absolute Gasteiger partial charge is 0.362 e. The molecule has 0 aliphatic heterocycles. The van der Waals surface area contributed by atoms with Gasteiger partial charge in [-0.25, -0.2) is 11.1 Å². The second kappa shape index (κ2) is 6.05. The minimum Gasteiger partial charge on any atom is -0.362 e. The molecular formula is C19H11NY-2. The van der Waals surface area contributed by atoms with E-state index in [1.807, 2.05) is 30.3 Å². The molecule has 0 amide bonds. The van der Waals surface area contributed by atoms with Crippen molar-refractivity contribution in [3.8, 4) is 11.1 Å². The molecule has 1 heterocycles. The third-order valence-electron chi connectivity index (χ3n) is 3.52. The van der Waals surface area contributed by atoms with Crippen molar-refractivity contribution in [2.45, 2.75) is 0 Å². The van der Waals surface area contributed by atoms with E-state index in [-0.39, 0.29) is 32.7 Å². The van der Waals surface area contributed by atoms with Crippen LogP contribution in [0.25, 0.3) is 32.8 Å². The number of nitrogens with zero attached hydrogens (tertiary/aromatic N) is 1. The molecule has 2 heteroatoms. The van der Waals surface area contributed by atoms with Crippen LogP contribution in [0.3, 0.4) is 0 Å². The molecule has 1 radical (unpaired) electrons. The van der Waals surface area contributed by atoms with Crippen LogP contribution in [-0.4, -0.2) is 4.98 Å². The first-order valence-corrected chi connectivity index (χ1v) is 6.59. The zero-order valence-corrected chi connectivity index (χ0v) is 14.2. The van der Waals surface area contributed by atoms with Gasteiger partial charge in [0.1, 0.15) is 0 Å². The van der Waals surface area contributed by atoms with Gasteiger partial charge in [0, 0.05) is 32.7 Å². The summed E-state index contributed by atoms with van der Waals surface area (Å²) in [5.41, 5.74) is 3.01. The summed E-state index contributed by atoms with van der Waals surface area (Å²) in [5, 5.41) is 3.52. The first-order chi connectivity index (χ1) is 9.92. The fourth-order valence-electron chi connectivity index (χ4n) is 2.53. The van der Waals surface area contributed by atoms with Crippen LogP contribution in [0.1, 0.15) is 0 Å². The molecule has 0 spiro atoms. The van der Waals surface area contributed by atoms with Crippen molar-refractivity contribution < 1.29 is 32.7 Å². The van der Waals surface area contributed by atoms with Crippen molar-refractivity contribution in [2.75, 3.05) is 0 Å².